The number of carbonyl (C=O) groups excluding carboxylic acids is 1. The van der Waals surface area contributed by atoms with Gasteiger partial charge >= 0.3 is 5.97 Å². The molecule has 75 valence electrons. The lowest BCUT2D eigenvalue weighted by molar-refractivity contribution is -0.890. The van der Waals surface area contributed by atoms with Gasteiger partial charge in [0.25, 0.3) is 0 Å². The fourth-order valence-corrected chi connectivity index (χ4v) is 0.824. The number of hydrogen-bond donors (Lipinski definition) is 0. The molecule has 0 bridgehead atoms. The molecule has 0 N–H and O–H groups in total. The van der Waals surface area contributed by atoms with E-state index in [9.17, 15) is 4.79 Å². The smallest absolute Gasteiger partial charge is 0.310 e. The molecule has 0 aromatic rings. The van der Waals surface area contributed by atoms with Gasteiger partial charge in [-0.25, -0.2) is 0 Å². The minimum absolute atomic E-state index is 0.206. The van der Waals surface area contributed by atoms with E-state index in [0.29, 0.717) is 6.42 Å². The molecule has 3 heteroatoms. The number of quaternary nitrogens is 1. The number of esters is 1. The summed E-state index contributed by atoms with van der Waals surface area (Å²) in [4.78, 5) is 10.9. The van der Waals surface area contributed by atoms with E-state index in [2.05, 4.69) is 39.4 Å². The van der Waals surface area contributed by atoms with Crippen molar-refractivity contribution in [3.8, 4) is 0 Å². The zero-order valence-corrected chi connectivity index (χ0v) is 8.75. The van der Waals surface area contributed by atoms with Crippen molar-refractivity contribution in [2.45, 2.75) is 18.9 Å². The predicted molar refractivity (Wildman–Crippen MR) is 52.7 cm³/mol. The van der Waals surface area contributed by atoms with Gasteiger partial charge in [-0.3, -0.25) is 4.79 Å². The molecular weight excluding hydrogens is 166 g/mol. The molecular formula is C10H19NO2+. The number of carbonyl (C=O) groups is 1. The molecule has 0 aliphatic heterocycles. The molecule has 0 aromatic carbocycles. The van der Waals surface area contributed by atoms with Crippen molar-refractivity contribution in [2.75, 3.05) is 21.1 Å². The summed E-state index contributed by atoms with van der Waals surface area (Å²) < 4.78 is 5.35. The van der Waals surface area contributed by atoms with E-state index in [4.69, 9.17) is 0 Å². The summed E-state index contributed by atoms with van der Waals surface area (Å²) in [6.45, 7) is 7.29. The normalized spacial score (nSPS) is 13.5. The number of hydrogen-bond acceptors (Lipinski definition) is 2. The van der Waals surface area contributed by atoms with Crippen molar-refractivity contribution in [1.82, 2.24) is 0 Å². The fourth-order valence-electron chi connectivity index (χ4n) is 0.824. The molecule has 0 saturated heterocycles. The van der Waals surface area contributed by atoms with E-state index in [1.807, 2.05) is 0 Å². The van der Waals surface area contributed by atoms with E-state index in [0.717, 1.165) is 17.2 Å². The Morgan fingerprint density at radius 2 is 2.08 bits per heavy atom. The summed E-state index contributed by atoms with van der Waals surface area (Å²) in [5, 5.41) is 0. The highest BCUT2D eigenvalue weighted by atomic mass is 16.5. The minimum Gasteiger partial charge on any atom is -0.435 e. The van der Waals surface area contributed by atoms with Crippen LogP contribution in [0.15, 0.2) is 12.8 Å². The zero-order chi connectivity index (χ0) is 10.5. The first-order valence-electron chi connectivity index (χ1n) is 4.32. The van der Waals surface area contributed by atoms with Gasteiger partial charge in [-0.05, 0) is 0 Å². The van der Waals surface area contributed by atoms with Gasteiger partial charge in [0.2, 0.25) is 0 Å². The van der Waals surface area contributed by atoms with Gasteiger partial charge in [-0.15, -0.1) is 0 Å². The predicted octanol–water partition coefficient (Wildman–Crippen LogP) is 1.36. The summed E-state index contributed by atoms with van der Waals surface area (Å²) in [6.07, 6.45) is 2.29. The molecule has 1 radical (unpaired) electrons. The van der Waals surface area contributed by atoms with Crippen LogP contribution in [0.5, 0.6) is 0 Å². The molecule has 0 amide bonds. The molecule has 0 rings (SSSR count). The van der Waals surface area contributed by atoms with Gasteiger partial charge in [0.1, 0.15) is 0 Å². The molecule has 0 aliphatic rings. The van der Waals surface area contributed by atoms with Gasteiger partial charge in [0, 0.05) is 13.3 Å². The first-order valence-corrected chi connectivity index (χ1v) is 4.32. The van der Waals surface area contributed by atoms with Crippen LogP contribution < -0.4 is 0 Å². The van der Waals surface area contributed by atoms with E-state index in [1.54, 1.807) is 0 Å². The van der Waals surface area contributed by atoms with Gasteiger partial charge < -0.3 is 9.22 Å². The van der Waals surface area contributed by atoms with Crippen molar-refractivity contribution >= 4 is 5.97 Å². The van der Waals surface area contributed by atoms with Gasteiger partial charge in [0.05, 0.1) is 39.9 Å². The Kier molecular flexibility index (Phi) is 4.70. The van der Waals surface area contributed by atoms with Crippen LogP contribution in [0.4, 0.5) is 0 Å². The van der Waals surface area contributed by atoms with Crippen molar-refractivity contribution in [1.29, 1.82) is 0 Å². The van der Waals surface area contributed by atoms with Crippen LogP contribution in [0, 0.1) is 6.92 Å². The lowest BCUT2D eigenvalue weighted by Gasteiger charge is -2.31. The van der Waals surface area contributed by atoms with Crippen LogP contribution in [0.1, 0.15) is 12.8 Å². The average molecular weight is 185 g/mol. The molecule has 0 fully saturated rings. The highest BCUT2D eigenvalue weighted by Crippen LogP contribution is 2.08. The lowest BCUT2D eigenvalue weighted by atomic mass is 10.1. The van der Waals surface area contributed by atoms with E-state index >= 15 is 0 Å². The summed E-state index contributed by atoms with van der Waals surface area (Å²) in [6, 6.07) is 0.206. The highest BCUT2D eigenvalue weighted by molar-refractivity contribution is 5.69. The second-order valence-electron chi connectivity index (χ2n) is 3.97. The van der Waals surface area contributed by atoms with Crippen LogP contribution >= 0.6 is 0 Å². The average Bonchev–Trinajstić information content (AvgIpc) is 1.99. The Hall–Kier alpha value is -0.830. The van der Waals surface area contributed by atoms with E-state index < -0.39 is 0 Å². The van der Waals surface area contributed by atoms with Crippen LogP contribution in [0.2, 0.25) is 0 Å². The number of rotatable bonds is 5. The van der Waals surface area contributed by atoms with E-state index in [1.165, 1.54) is 0 Å². The Bertz CT molecular complexity index is 182. The topological polar surface area (TPSA) is 26.3 Å². The van der Waals surface area contributed by atoms with Gasteiger partial charge in [-0.1, -0.05) is 6.58 Å². The summed E-state index contributed by atoms with van der Waals surface area (Å²) in [5.41, 5.74) is 0. The van der Waals surface area contributed by atoms with Crippen LogP contribution in [0.3, 0.4) is 0 Å². The second kappa shape index (κ2) is 5.02. The molecule has 1 atom stereocenters. The van der Waals surface area contributed by atoms with Crippen LogP contribution in [-0.4, -0.2) is 37.6 Å². The standard InChI is InChI=1S/C10H19NO2/c1-6-13-10(12)8-7-9(2)11(3,4)5/h6,9H,1-2,7-8H2,3-5H3/q+1. The Morgan fingerprint density at radius 3 is 2.46 bits per heavy atom. The molecule has 1 unspecified atom stereocenters. The fraction of sp³-hybridized carbons (Fsp3) is 0.600. The molecule has 0 aromatic heterocycles. The largest absolute Gasteiger partial charge is 0.435 e. The highest BCUT2D eigenvalue weighted by Gasteiger charge is 2.19. The summed E-state index contributed by atoms with van der Waals surface area (Å²) in [5.74, 6) is -0.239. The first-order chi connectivity index (χ1) is 5.88. The minimum atomic E-state index is -0.239. The maximum atomic E-state index is 10.9. The maximum Gasteiger partial charge on any atom is 0.310 e. The SMILES string of the molecule is [CH2]C(CCC(=O)OC=C)[N+](C)(C)C. The lowest BCUT2D eigenvalue weighted by Crippen LogP contribution is -2.43. The molecule has 0 saturated carbocycles. The maximum absolute atomic E-state index is 10.9. The van der Waals surface area contributed by atoms with Crippen molar-refractivity contribution in [3.63, 3.8) is 0 Å². The van der Waals surface area contributed by atoms with E-state index in [-0.39, 0.29) is 12.0 Å². The first kappa shape index (κ1) is 12.2. The molecule has 13 heavy (non-hydrogen) atoms. The molecule has 3 nitrogen and oxygen atoms in total. The molecule has 0 aliphatic carbocycles. The Labute approximate surface area is 80.6 Å². The van der Waals surface area contributed by atoms with Crippen molar-refractivity contribution < 1.29 is 14.0 Å². The number of nitrogens with zero attached hydrogens (tertiary/aromatic N) is 1. The Morgan fingerprint density at radius 1 is 1.54 bits per heavy atom. The van der Waals surface area contributed by atoms with Crippen molar-refractivity contribution in [2.24, 2.45) is 0 Å². The van der Waals surface area contributed by atoms with Crippen LogP contribution in [0.25, 0.3) is 0 Å². The third-order valence-electron chi connectivity index (χ3n) is 1.99. The summed E-state index contributed by atoms with van der Waals surface area (Å²) >= 11 is 0. The molecule has 0 spiro atoms. The molecule has 0 heterocycles. The van der Waals surface area contributed by atoms with Crippen molar-refractivity contribution in [3.05, 3.63) is 19.8 Å². The second-order valence-corrected chi connectivity index (χ2v) is 3.97. The third kappa shape index (κ3) is 5.42. The monoisotopic (exact) mass is 185 g/mol. The third-order valence-corrected chi connectivity index (χ3v) is 1.99. The van der Waals surface area contributed by atoms with Gasteiger partial charge in [-0.2, -0.15) is 0 Å². The van der Waals surface area contributed by atoms with Crippen LogP contribution in [-0.2, 0) is 9.53 Å². The number of ether oxygens (including phenoxy) is 1. The zero-order valence-electron chi connectivity index (χ0n) is 8.75. The summed E-state index contributed by atoms with van der Waals surface area (Å²) in [7, 11) is 6.16. The Balaban J connectivity index is 3.76. The quantitative estimate of drug-likeness (QED) is 0.367. The van der Waals surface area contributed by atoms with Gasteiger partial charge in [0.15, 0.2) is 0 Å².